The maximum atomic E-state index is 13.8. The summed E-state index contributed by atoms with van der Waals surface area (Å²) < 4.78 is 13.8. The molecular formula is C17H19FN2O2S. The lowest BCUT2D eigenvalue weighted by Crippen LogP contribution is -2.49. The monoisotopic (exact) mass is 334 g/mol. The van der Waals surface area contributed by atoms with Crippen molar-refractivity contribution in [3.05, 3.63) is 41.2 Å². The summed E-state index contributed by atoms with van der Waals surface area (Å²) in [5.41, 5.74) is 0.725. The first-order chi connectivity index (χ1) is 11.1. The summed E-state index contributed by atoms with van der Waals surface area (Å²) in [4.78, 5) is 18.7. The van der Waals surface area contributed by atoms with Crippen molar-refractivity contribution in [3.63, 3.8) is 0 Å². The third kappa shape index (κ3) is 3.14. The molecule has 2 atom stereocenters. The summed E-state index contributed by atoms with van der Waals surface area (Å²) >= 11 is 1.26. The van der Waals surface area contributed by atoms with Crippen LogP contribution in [-0.4, -0.2) is 40.1 Å². The predicted molar refractivity (Wildman–Crippen MR) is 87.8 cm³/mol. The average Bonchev–Trinajstić information content (AvgIpc) is 3.04. The Bertz CT molecular complexity index is 703. The van der Waals surface area contributed by atoms with Gasteiger partial charge in [0.15, 0.2) is 0 Å². The Morgan fingerprint density at radius 3 is 3.00 bits per heavy atom. The van der Waals surface area contributed by atoms with Gasteiger partial charge in [0.2, 0.25) is 0 Å². The van der Waals surface area contributed by atoms with E-state index in [-0.39, 0.29) is 30.3 Å². The molecular weight excluding hydrogens is 315 g/mol. The standard InChI is InChI=1S/C17H19FN2O2S/c1-11-5-4-8-20(15(11)9-21)17(22)14-10-23-16(19-14)12-6-2-3-7-13(12)18/h2-3,6-7,10-11,15,21H,4-5,8-9H2,1H3. The van der Waals surface area contributed by atoms with Crippen LogP contribution in [0.25, 0.3) is 10.6 Å². The summed E-state index contributed by atoms with van der Waals surface area (Å²) in [5, 5.41) is 11.7. The van der Waals surface area contributed by atoms with E-state index in [9.17, 15) is 14.3 Å². The Balaban J connectivity index is 1.85. The third-order valence-corrected chi connectivity index (χ3v) is 5.27. The molecule has 1 aliphatic rings. The number of aromatic nitrogens is 1. The molecule has 6 heteroatoms. The normalized spacial score (nSPS) is 21.4. The highest BCUT2D eigenvalue weighted by Gasteiger charge is 2.32. The quantitative estimate of drug-likeness (QED) is 0.938. The maximum Gasteiger partial charge on any atom is 0.273 e. The molecule has 4 nitrogen and oxygen atoms in total. The highest BCUT2D eigenvalue weighted by atomic mass is 32.1. The molecule has 122 valence electrons. The molecule has 1 aromatic carbocycles. The number of thiazole rings is 1. The lowest BCUT2D eigenvalue weighted by atomic mass is 9.91. The minimum atomic E-state index is -0.347. The van der Waals surface area contributed by atoms with Crippen LogP contribution in [0.2, 0.25) is 0 Å². The van der Waals surface area contributed by atoms with E-state index in [0.717, 1.165) is 12.8 Å². The molecule has 2 aromatic rings. The number of halogens is 1. The van der Waals surface area contributed by atoms with Gasteiger partial charge in [0.1, 0.15) is 16.5 Å². The first kappa shape index (κ1) is 16.1. The van der Waals surface area contributed by atoms with Gasteiger partial charge in [0.05, 0.1) is 12.6 Å². The Labute approximate surface area is 138 Å². The van der Waals surface area contributed by atoms with Crippen molar-refractivity contribution in [1.82, 2.24) is 9.88 Å². The number of carbonyl (C=O) groups is 1. The first-order valence-corrected chi connectivity index (χ1v) is 8.62. The van der Waals surface area contributed by atoms with Crippen LogP contribution in [0.4, 0.5) is 4.39 Å². The zero-order chi connectivity index (χ0) is 16.4. The van der Waals surface area contributed by atoms with Gasteiger partial charge >= 0.3 is 0 Å². The lowest BCUT2D eigenvalue weighted by molar-refractivity contribution is 0.0354. The number of hydrogen-bond acceptors (Lipinski definition) is 4. The molecule has 1 amide bonds. The zero-order valence-electron chi connectivity index (χ0n) is 12.9. The second kappa shape index (κ2) is 6.76. The summed E-state index contributed by atoms with van der Waals surface area (Å²) in [6, 6.07) is 6.23. The Morgan fingerprint density at radius 1 is 1.48 bits per heavy atom. The third-order valence-electron chi connectivity index (χ3n) is 4.39. The second-order valence-corrected chi connectivity index (χ2v) is 6.74. The van der Waals surface area contributed by atoms with Crippen LogP contribution in [0, 0.1) is 11.7 Å². The number of aliphatic hydroxyl groups excluding tert-OH is 1. The zero-order valence-corrected chi connectivity index (χ0v) is 13.7. The molecule has 1 N–H and O–H groups in total. The van der Waals surface area contributed by atoms with Crippen molar-refractivity contribution in [1.29, 1.82) is 0 Å². The number of carbonyl (C=O) groups excluding carboxylic acids is 1. The number of likely N-dealkylation sites (tertiary alicyclic amines) is 1. The number of benzene rings is 1. The fraction of sp³-hybridized carbons (Fsp3) is 0.412. The number of hydrogen-bond donors (Lipinski definition) is 1. The summed E-state index contributed by atoms with van der Waals surface area (Å²) in [5.74, 6) is -0.266. The maximum absolute atomic E-state index is 13.8. The molecule has 1 saturated heterocycles. The van der Waals surface area contributed by atoms with Crippen molar-refractivity contribution in [2.75, 3.05) is 13.2 Å². The van der Waals surface area contributed by atoms with Crippen molar-refractivity contribution in [2.45, 2.75) is 25.8 Å². The Morgan fingerprint density at radius 2 is 2.26 bits per heavy atom. The molecule has 0 saturated carbocycles. The first-order valence-electron chi connectivity index (χ1n) is 7.74. The summed E-state index contributed by atoms with van der Waals surface area (Å²) in [6.45, 7) is 2.63. The van der Waals surface area contributed by atoms with Gasteiger partial charge in [0.25, 0.3) is 5.91 Å². The van der Waals surface area contributed by atoms with E-state index < -0.39 is 0 Å². The van der Waals surface area contributed by atoms with Crippen LogP contribution < -0.4 is 0 Å². The number of amides is 1. The molecule has 0 aliphatic carbocycles. The number of piperidine rings is 1. The number of nitrogens with zero attached hydrogens (tertiary/aromatic N) is 2. The van der Waals surface area contributed by atoms with Gasteiger partial charge in [-0.1, -0.05) is 19.1 Å². The van der Waals surface area contributed by atoms with Gasteiger partial charge in [-0.3, -0.25) is 4.79 Å². The highest BCUT2D eigenvalue weighted by Crippen LogP contribution is 2.29. The van der Waals surface area contributed by atoms with Crippen LogP contribution >= 0.6 is 11.3 Å². The van der Waals surface area contributed by atoms with E-state index in [0.29, 0.717) is 22.8 Å². The molecule has 1 aliphatic heterocycles. The van der Waals surface area contributed by atoms with Gasteiger partial charge in [-0.15, -0.1) is 11.3 Å². The topological polar surface area (TPSA) is 53.4 Å². The fourth-order valence-electron chi connectivity index (χ4n) is 3.06. The molecule has 1 fully saturated rings. The number of aliphatic hydroxyl groups is 1. The SMILES string of the molecule is CC1CCCN(C(=O)c2csc(-c3ccccc3F)n2)C1CO. The van der Waals surface area contributed by atoms with E-state index in [4.69, 9.17) is 0 Å². The molecule has 0 radical (unpaired) electrons. The largest absolute Gasteiger partial charge is 0.394 e. The highest BCUT2D eigenvalue weighted by molar-refractivity contribution is 7.13. The number of rotatable bonds is 3. The molecule has 1 aromatic heterocycles. The van der Waals surface area contributed by atoms with Gasteiger partial charge in [-0.05, 0) is 30.9 Å². The van der Waals surface area contributed by atoms with Crippen LogP contribution in [0.15, 0.2) is 29.6 Å². The molecule has 2 heterocycles. The van der Waals surface area contributed by atoms with E-state index in [2.05, 4.69) is 4.98 Å². The fourth-order valence-corrected chi connectivity index (χ4v) is 3.88. The van der Waals surface area contributed by atoms with E-state index >= 15 is 0 Å². The van der Waals surface area contributed by atoms with Gasteiger partial charge in [-0.25, -0.2) is 9.37 Å². The van der Waals surface area contributed by atoms with E-state index in [1.54, 1.807) is 28.5 Å². The van der Waals surface area contributed by atoms with Crippen molar-refractivity contribution in [2.24, 2.45) is 5.92 Å². The van der Waals surface area contributed by atoms with Gasteiger partial charge in [-0.2, -0.15) is 0 Å². The molecule has 3 rings (SSSR count). The minimum Gasteiger partial charge on any atom is -0.394 e. The molecule has 23 heavy (non-hydrogen) atoms. The van der Waals surface area contributed by atoms with E-state index in [1.165, 1.54) is 17.4 Å². The van der Waals surface area contributed by atoms with Crippen LogP contribution in [0.1, 0.15) is 30.3 Å². The van der Waals surface area contributed by atoms with Crippen LogP contribution in [-0.2, 0) is 0 Å². The Hall–Kier alpha value is -1.79. The van der Waals surface area contributed by atoms with Crippen LogP contribution in [0.5, 0.6) is 0 Å². The van der Waals surface area contributed by atoms with Crippen molar-refractivity contribution >= 4 is 17.2 Å². The molecule has 0 spiro atoms. The van der Waals surface area contributed by atoms with Crippen molar-refractivity contribution < 1.29 is 14.3 Å². The van der Waals surface area contributed by atoms with Gasteiger partial charge in [0, 0.05) is 17.5 Å². The summed E-state index contributed by atoms with van der Waals surface area (Å²) in [7, 11) is 0. The average molecular weight is 334 g/mol. The van der Waals surface area contributed by atoms with Crippen molar-refractivity contribution in [3.8, 4) is 10.6 Å². The van der Waals surface area contributed by atoms with Gasteiger partial charge < -0.3 is 10.0 Å². The summed E-state index contributed by atoms with van der Waals surface area (Å²) in [6.07, 6.45) is 1.93. The van der Waals surface area contributed by atoms with Crippen LogP contribution in [0.3, 0.4) is 0 Å². The Kier molecular flexibility index (Phi) is 4.73. The predicted octanol–water partition coefficient (Wildman–Crippen LogP) is 3.18. The smallest absolute Gasteiger partial charge is 0.273 e. The molecule has 0 bridgehead atoms. The molecule has 2 unspecified atom stereocenters. The lowest BCUT2D eigenvalue weighted by Gasteiger charge is -2.38. The minimum absolute atomic E-state index is 0.0444. The van der Waals surface area contributed by atoms with E-state index in [1.807, 2.05) is 6.92 Å². The second-order valence-electron chi connectivity index (χ2n) is 5.89.